The van der Waals surface area contributed by atoms with E-state index in [0.29, 0.717) is 23.9 Å². The third kappa shape index (κ3) is 4.18. The van der Waals surface area contributed by atoms with Crippen LogP contribution in [0.1, 0.15) is 0 Å². The third-order valence-electron chi connectivity index (χ3n) is 1.70. The highest BCUT2D eigenvalue weighted by Crippen LogP contribution is 2.22. The number of carbonyl (C=O) groups excluding carboxylic acids is 1. The van der Waals surface area contributed by atoms with Crippen LogP contribution in [0.25, 0.3) is 0 Å². The molecule has 0 spiro atoms. The highest BCUT2D eigenvalue weighted by molar-refractivity contribution is 6.32. The monoisotopic (exact) mass is 228 g/mol. The second-order valence-corrected chi connectivity index (χ2v) is 3.24. The van der Waals surface area contributed by atoms with Gasteiger partial charge in [0.25, 0.3) is 0 Å². The molecule has 4 nitrogen and oxygen atoms in total. The van der Waals surface area contributed by atoms with Gasteiger partial charge in [0.05, 0.1) is 18.1 Å². The van der Waals surface area contributed by atoms with Gasteiger partial charge in [0.1, 0.15) is 12.4 Å². The van der Waals surface area contributed by atoms with Crippen molar-refractivity contribution in [2.24, 2.45) is 5.73 Å². The maximum Gasteiger partial charge on any atom is 0.233 e. The Hall–Kier alpha value is -1.26. The average Bonchev–Trinajstić information content (AvgIpc) is 2.26. The molecule has 1 amide bonds. The molecule has 3 N–H and O–H groups in total. The first-order valence-electron chi connectivity index (χ1n) is 4.58. The Morgan fingerprint density at radius 3 is 2.87 bits per heavy atom. The van der Waals surface area contributed by atoms with E-state index in [1.165, 1.54) is 0 Å². The molecule has 1 aromatic carbocycles. The maximum atomic E-state index is 10.8. The molecule has 0 aromatic heterocycles. The topological polar surface area (TPSA) is 64.4 Å². The van der Waals surface area contributed by atoms with Crippen molar-refractivity contribution in [1.29, 1.82) is 0 Å². The van der Waals surface area contributed by atoms with Gasteiger partial charge in [-0.25, -0.2) is 0 Å². The van der Waals surface area contributed by atoms with Gasteiger partial charge < -0.3 is 15.8 Å². The van der Waals surface area contributed by atoms with E-state index in [-0.39, 0.29) is 12.5 Å². The molecular weight excluding hydrogens is 216 g/mol. The molecule has 82 valence electrons. The van der Waals surface area contributed by atoms with Crippen LogP contribution in [0.2, 0.25) is 5.02 Å². The molecule has 5 heteroatoms. The molecule has 0 saturated heterocycles. The SMILES string of the molecule is NCC(=O)NCCOc1ccccc1Cl. The number of amides is 1. The number of para-hydroxylation sites is 1. The quantitative estimate of drug-likeness (QED) is 0.733. The number of nitrogens with two attached hydrogens (primary N) is 1. The van der Waals surface area contributed by atoms with Crippen LogP contribution >= 0.6 is 11.6 Å². The highest BCUT2D eigenvalue weighted by Gasteiger charge is 1.99. The molecule has 0 unspecified atom stereocenters. The Balaban J connectivity index is 2.26. The summed E-state index contributed by atoms with van der Waals surface area (Å²) in [5, 5.41) is 3.15. The number of carbonyl (C=O) groups is 1. The van der Waals surface area contributed by atoms with Gasteiger partial charge in [-0.1, -0.05) is 23.7 Å². The lowest BCUT2D eigenvalue weighted by molar-refractivity contribution is -0.119. The van der Waals surface area contributed by atoms with Gasteiger partial charge in [-0.15, -0.1) is 0 Å². The molecule has 0 aliphatic rings. The minimum absolute atomic E-state index is 0.00784. The lowest BCUT2D eigenvalue weighted by atomic mass is 10.3. The molecule has 0 saturated carbocycles. The van der Waals surface area contributed by atoms with E-state index in [0.717, 1.165) is 0 Å². The molecule has 1 rings (SSSR count). The Morgan fingerprint density at radius 2 is 2.20 bits per heavy atom. The van der Waals surface area contributed by atoms with Crippen LogP contribution in [0.5, 0.6) is 5.75 Å². The van der Waals surface area contributed by atoms with Gasteiger partial charge in [0.2, 0.25) is 5.91 Å². The summed E-state index contributed by atoms with van der Waals surface area (Å²) >= 11 is 5.86. The fraction of sp³-hybridized carbons (Fsp3) is 0.300. The van der Waals surface area contributed by atoms with E-state index < -0.39 is 0 Å². The molecule has 15 heavy (non-hydrogen) atoms. The Labute approximate surface area is 93.4 Å². The minimum Gasteiger partial charge on any atom is -0.490 e. The second kappa shape index (κ2) is 6.27. The minimum atomic E-state index is -0.197. The van der Waals surface area contributed by atoms with E-state index >= 15 is 0 Å². The summed E-state index contributed by atoms with van der Waals surface area (Å²) in [7, 11) is 0. The van der Waals surface area contributed by atoms with E-state index in [4.69, 9.17) is 22.1 Å². The Bertz CT molecular complexity index is 331. The maximum absolute atomic E-state index is 10.8. The molecule has 0 aliphatic carbocycles. The molecule has 0 heterocycles. The van der Waals surface area contributed by atoms with Crippen molar-refractivity contribution in [3.63, 3.8) is 0 Å². The largest absolute Gasteiger partial charge is 0.490 e. The number of hydrogen-bond donors (Lipinski definition) is 2. The number of benzene rings is 1. The number of nitrogens with one attached hydrogen (secondary N) is 1. The first-order chi connectivity index (χ1) is 7.24. The van der Waals surface area contributed by atoms with E-state index in [1.807, 2.05) is 12.1 Å². The second-order valence-electron chi connectivity index (χ2n) is 2.83. The van der Waals surface area contributed by atoms with Crippen molar-refractivity contribution in [3.05, 3.63) is 29.3 Å². The molecule has 0 bridgehead atoms. The summed E-state index contributed by atoms with van der Waals surface area (Å²) in [4.78, 5) is 10.8. The zero-order valence-electron chi connectivity index (χ0n) is 8.20. The fourth-order valence-corrected chi connectivity index (χ4v) is 1.18. The zero-order chi connectivity index (χ0) is 11.1. The van der Waals surface area contributed by atoms with E-state index in [9.17, 15) is 4.79 Å². The van der Waals surface area contributed by atoms with Crippen LogP contribution in [-0.2, 0) is 4.79 Å². The summed E-state index contributed by atoms with van der Waals surface area (Å²) in [5.74, 6) is 0.416. The van der Waals surface area contributed by atoms with E-state index in [2.05, 4.69) is 5.32 Å². The first-order valence-corrected chi connectivity index (χ1v) is 4.96. The van der Waals surface area contributed by atoms with Gasteiger partial charge >= 0.3 is 0 Å². The van der Waals surface area contributed by atoms with Gasteiger partial charge in [0.15, 0.2) is 0 Å². The summed E-state index contributed by atoms with van der Waals surface area (Å²) in [6.07, 6.45) is 0. The lowest BCUT2D eigenvalue weighted by Gasteiger charge is -2.08. The first kappa shape index (κ1) is 11.8. The van der Waals surface area contributed by atoms with Gasteiger partial charge in [-0.3, -0.25) is 4.79 Å². The predicted molar refractivity (Wildman–Crippen MR) is 59.0 cm³/mol. The number of halogens is 1. The van der Waals surface area contributed by atoms with Gasteiger partial charge in [-0.05, 0) is 12.1 Å². The van der Waals surface area contributed by atoms with Crippen LogP contribution in [-0.4, -0.2) is 25.6 Å². The average molecular weight is 229 g/mol. The zero-order valence-corrected chi connectivity index (χ0v) is 8.96. The van der Waals surface area contributed by atoms with Crippen molar-refractivity contribution in [2.45, 2.75) is 0 Å². The van der Waals surface area contributed by atoms with Gasteiger partial charge in [-0.2, -0.15) is 0 Å². The van der Waals surface area contributed by atoms with E-state index in [1.54, 1.807) is 12.1 Å². The summed E-state index contributed by atoms with van der Waals surface area (Å²) in [6, 6.07) is 7.17. The lowest BCUT2D eigenvalue weighted by Crippen LogP contribution is -2.33. The standard InChI is InChI=1S/C10H13ClN2O2/c11-8-3-1-2-4-9(8)15-6-5-13-10(14)7-12/h1-4H,5-7,12H2,(H,13,14). The molecule has 0 radical (unpaired) electrons. The number of ether oxygens (including phenoxy) is 1. The Morgan fingerprint density at radius 1 is 1.47 bits per heavy atom. The van der Waals surface area contributed by atoms with Crippen LogP contribution < -0.4 is 15.8 Å². The Kier molecular flexibility index (Phi) is 4.93. The van der Waals surface area contributed by atoms with Gasteiger partial charge in [0, 0.05) is 0 Å². The van der Waals surface area contributed by atoms with Crippen molar-refractivity contribution < 1.29 is 9.53 Å². The predicted octanol–water partition coefficient (Wildman–Crippen LogP) is 0.794. The number of rotatable bonds is 5. The molecule has 0 atom stereocenters. The molecule has 0 aliphatic heterocycles. The summed E-state index contributed by atoms with van der Waals surface area (Å²) in [5.41, 5.74) is 5.12. The highest BCUT2D eigenvalue weighted by atomic mass is 35.5. The van der Waals surface area contributed by atoms with Crippen LogP contribution in [0.3, 0.4) is 0 Å². The van der Waals surface area contributed by atoms with Crippen molar-refractivity contribution in [2.75, 3.05) is 19.7 Å². The molecule has 0 fully saturated rings. The van der Waals surface area contributed by atoms with Crippen molar-refractivity contribution >= 4 is 17.5 Å². The smallest absolute Gasteiger partial charge is 0.233 e. The molecular formula is C10H13ClN2O2. The third-order valence-corrected chi connectivity index (χ3v) is 2.02. The fourth-order valence-electron chi connectivity index (χ4n) is 0.985. The van der Waals surface area contributed by atoms with Crippen LogP contribution in [0.4, 0.5) is 0 Å². The van der Waals surface area contributed by atoms with Crippen LogP contribution in [0.15, 0.2) is 24.3 Å². The van der Waals surface area contributed by atoms with Crippen LogP contribution in [0, 0.1) is 0 Å². The normalized spacial score (nSPS) is 9.73. The summed E-state index contributed by atoms with van der Waals surface area (Å²) < 4.78 is 5.34. The summed E-state index contributed by atoms with van der Waals surface area (Å²) in [6.45, 7) is 0.781. The van der Waals surface area contributed by atoms with Crippen molar-refractivity contribution in [1.82, 2.24) is 5.32 Å². The van der Waals surface area contributed by atoms with Crippen molar-refractivity contribution in [3.8, 4) is 5.75 Å². The number of hydrogen-bond acceptors (Lipinski definition) is 3. The molecule has 1 aromatic rings.